The Hall–Kier alpha value is -0.870. The van der Waals surface area contributed by atoms with Crippen molar-refractivity contribution < 1.29 is 9.53 Å². The number of hydrogen-bond donors (Lipinski definition) is 1. The lowest BCUT2D eigenvalue weighted by molar-refractivity contribution is -0.127. The summed E-state index contributed by atoms with van der Waals surface area (Å²) in [6.07, 6.45) is 4.17. The van der Waals surface area contributed by atoms with Crippen molar-refractivity contribution in [2.45, 2.75) is 39.7 Å². The predicted octanol–water partition coefficient (Wildman–Crippen LogP) is 1.82. The molecule has 0 radical (unpaired) electrons. The highest BCUT2D eigenvalue weighted by molar-refractivity contribution is 5.79. The third kappa shape index (κ3) is 6.21. The maximum Gasteiger partial charge on any atom is 0.223 e. The van der Waals surface area contributed by atoms with E-state index in [2.05, 4.69) is 30.1 Å². The van der Waals surface area contributed by atoms with Gasteiger partial charge in [-0.05, 0) is 46.7 Å². The molecular weight excluding hydrogens is 240 g/mol. The van der Waals surface area contributed by atoms with Gasteiger partial charge in [0.25, 0.3) is 0 Å². The third-order valence-electron chi connectivity index (χ3n) is 3.52. The first-order valence-corrected chi connectivity index (χ1v) is 7.18. The predicted molar refractivity (Wildman–Crippen MR) is 78.1 cm³/mol. The van der Waals surface area contributed by atoms with E-state index in [4.69, 9.17) is 4.74 Å². The molecule has 0 spiro atoms. The Morgan fingerprint density at radius 2 is 2.05 bits per heavy atom. The van der Waals surface area contributed by atoms with Crippen LogP contribution in [0.3, 0.4) is 0 Å². The number of ether oxygens (including phenoxy) is 1. The minimum Gasteiger partial charge on any atom is -0.383 e. The van der Waals surface area contributed by atoms with Crippen LogP contribution < -0.4 is 5.32 Å². The minimum absolute atomic E-state index is 0.0983. The van der Waals surface area contributed by atoms with Crippen LogP contribution in [0.15, 0.2) is 11.6 Å². The molecule has 0 saturated carbocycles. The molecule has 0 aromatic rings. The molecule has 1 unspecified atom stereocenters. The van der Waals surface area contributed by atoms with Crippen molar-refractivity contribution in [2.24, 2.45) is 5.92 Å². The van der Waals surface area contributed by atoms with E-state index < -0.39 is 0 Å². The number of piperidine rings is 1. The molecule has 1 aliphatic heterocycles. The number of likely N-dealkylation sites (tertiary alicyclic amines) is 1. The molecule has 19 heavy (non-hydrogen) atoms. The lowest BCUT2D eigenvalue weighted by atomic mass is 9.95. The molecule has 0 aromatic heterocycles. The molecule has 1 amide bonds. The Labute approximate surface area is 117 Å². The van der Waals surface area contributed by atoms with Gasteiger partial charge in [0.2, 0.25) is 5.91 Å². The fraction of sp³-hybridized carbons (Fsp3) is 0.800. The van der Waals surface area contributed by atoms with Crippen LogP contribution in [0, 0.1) is 5.92 Å². The fourth-order valence-electron chi connectivity index (χ4n) is 2.34. The highest BCUT2D eigenvalue weighted by atomic mass is 16.5. The molecule has 0 bridgehead atoms. The number of nitrogens with zero attached hydrogens (tertiary/aromatic N) is 1. The van der Waals surface area contributed by atoms with Crippen molar-refractivity contribution in [3.05, 3.63) is 11.6 Å². The Kier molecular flexibility index (Phi) is 7.10. The second kappa shape index (κ2) is 8.33. The zero-order valence-corrected chi connectivity index (χ0v) is 12.7. The Bertz CT molecular complexity index is 303. The summed E-state index contributed by atoms with van der Waals surface area (Å²) in [4.78, 5) is 14.5. The van der Waals surface area contributed by atoms with Gasteiger partial charge in [-0.15, -0.1) is 0 Å². The van der Waals surface area contributed by atoms with Gasteiger partial charge in [0.15, 0.2) is 0 Å². The zero-order chi connectivity index (χ0) is 14.3. The van der Waals surface area contributed by atoms with Crippen molar-refractivity contribution in [1.29, 1.82) is 0 Å². The number of amides is 1. The first kappa shape index (κ1) is 16.2. The summed E-state index contributed by atoms with van der Waals surface area (Å²) in [6, 6.07) is 0.0983. The summed E-state index contributed by atoms with van der Waals surface area (Å²) in [5, 5.41) is 3.02. The highest BCUT2D eigenvalue weighted by Gasteiger charge is 2.25. The van der Waals surface area contributed by atoms with Gasteiger partial charge in [-0.2, -0.15) is 0 Å². The van der Waals surface area contributed by atoms with Gasteiger partial charge in [-0.25, -0.2) is 0 Å². The quantitative estimate of drug-likeness (QED) is 0.747. The van der Waals surface area contributed by atoms with E-state index in [9.17, 15) is 4.79 Å². The molecule has 1 atom stereocenters. The van der Waals surface area contributed by atoms with Crippen LogP contribution in [0.25, 0.3) is 0 Å². The molecule has 1 N–H and O–H groups in total. The SMILES string of the molecule is COCC(C)NC(=O)C1CCN(CC=C(C)C)CC1. The second-order valence-electron chi connectivity index (χ2n) is 5.72. The normalized spacial score (nSPS) is 18.9. The number of hydrogen-bond acceptors (Lipinski definition) is 3. The zero-order valence-electron chi connectivity index (χ0n) is 12.7. The van der Waals surface area contributed by atoms with E-state index in [-0.39, 0.29) is 17.9 Å². The second-order valence-corrected chi connectivity index (χ2v) is 5.72. The Balaban J connectivity index is 2.29. The van der Waals surface area contributed by atoms with Crippen LogP contribution in [-0.2, 0) is 9.53 Å². The maximum absolute atomic E-state index is 12.1. The molecule has 110 valence electrons. The number of rotatable bonds is 6. The summed E-state index contributed by atoms with van der Waals surface area (Å²) in [5.41, 5.74) is 1.35. The van der Waals surface area contributed by atoms with Gasteiger partial charge in [0.05, 0.1) is 6.61 Å². The van der Waals surface area contributed by atoms with Crippen LogP contribution >= 0.6 is 0 Å². The molecule has 4 heteroatoms. The van der Waals surface area contributed by atoms with E-state index in [0.717, 1.165) is 32.5 Å². The topological polar surface area (TPSA) is 41.6 Å². The molecule has 1 aliphatic rings. The average Bonchev–Trinajstić information content (AvgIpc) is 2.37. The average molecular weight is 268 g/mol. The minimum atomic E-state index is 0.0983. The number of carbonyl (C=O) groups is 1. The highest BCUT2D eigenvalue weighted by Crippen LogP contribution is 2.17. The number of nitrogens with one attached hydrogen (secondary N) is 1. The maximum atomic E-state index is 12.1. The van der Waals surface area contributed by atoms with Crippen LogP contribution in [0.2, 0.25) is 0 Å². The van der Waals surface area contributed by atoms with Crippen molar-refractivity contribution in [3.8, 4) is 0 Å². The van der Waals surface area contributed by atoms with Gasteiger partial charge in [0.1, 0.15) is 0 Å². The summed E-state index contributed by atoms with van der Waals surface area (Å²) in [5.74, 6) is 0.355. The van der Waals surface area contributed by atoms with Gasteiger partial charge >= 0.3 is 0 Å². The number of methoxy groups -OCH3 is 1. The van der Waals surface area contributed by atoms with Gasteiger partial charge < -0.3 is 10.1 Å². The largest absolute Gasteiger partial charge is 0.383 e. The first-order chi connectivity index (χ1) is 9.02. The molecule has 1 fully saturated rings. The van der Waals surface area contributed by atoms with Crippen LogP contribution in [0.5, 0.6) is 0 Å². The van der Waals surface area contributed by atoms with Crippen LogP contribution in [0.4, 0.5) is 0 Å². The smallest absolute Gasteiger partial charge is 0.223 e. The summed E-state index contributed by atoms with van der Waals surface area (Å²) in [6.45, 7) is 9.84. The summed E-state index contributed by atoms with van der Waals surface area (Å²) in [7, 11) is 1.66. The van der Waals surface area contributed by atoms with E-state index in [0.29, 0.717) is 6.61 Å². The Morgan fingerprint density at radius 3 is 2.58 bits per heavy atom. The fourth-order valence-corrected chi connectivity index (χ4v) is 2.34. The van der Waals surface area contributed by atoms with Crippen LogP contribution in [0.1, 0.15) is 33.6 Å². The molecule has 4 nitrogen and oxygen atoms in total. The first-order valence-electron chi connectivity index (χ1n) is 7.18. The lowest BCUT2D eigenvalue weighted by Crippen LogP contribution is -2.44. The lowest BCUT2D eigenvalue weighted by Gasteiger charge is -2.31. The van der Waals surface area contributed by atoms with Crippen molar-refractivity contribution in [1.82, 2.24) is 10.2 Å². The van der Waals surface area contributed by atoms with E-state index in [1.807, 2.05) is 6.92 Å². The molecular formula is C15H28N2O2. The van der Waals surface area contributed by atoms with E-state index >= 15 is 0 Å². The third-order valence-corrected chi connectivity index (χ3v) is 3.52. The molecule has 0 aromatic carbocycles. The summed E-state index contributed by atoms with van der Waals surface area (Å²) < 4.78 is 5.03. The van der Waals surface area contributed by atoms with Gasteiger partial charge in [-0.1, -0.05) is 11.6 Å². The van der Waals surface area contributed by atoms with E-state index in [1.54, 1.807) is 7.11 Å². The Morgan fingerprint density at radius 1 is 1.42 bits per heavy atom. The van der Waals surface area contributed by atoms with Gasteiger partial charge in [0, 0.05) is 25.6 Å². The number of carbonyl (C=O) groups excluding carboxylic acids is 1. The standard InChI is InChI=1S/C15H28N2O2/c1-12(2)5-8-17-9-6-14(7-10-17)15(18)16-13(3)11-19-4/h5,13-14H,6-11H2,1-4H3,(H,16,18). The molecule has 1 saturated heterocycles. The molecule has 1 heterocycles. The van der Waals surface area contributed by atoms with Crippen molar-refractivity contribution >= 4 is 5.91 Å². The van der Waals surface area contributed by atoms with Crippen molar-refractivity contribution in [3.63, 3.8) is 0 Å². The van der Waals surface area contributed by atoms with Gasteiger partial charge in [-0.3, -0.25) is 9.69 Å². The van der Waals surface area contributed by atoms with Crippen molar-refractivity contribution in [2.75, 3.05) is 33.4 Å². The monoisotopic (exact) mass is 268 g/mol. The summed E-state index contributed by atoms with van der Waals surface area (Å²) >= 11 is 0. The molecule has 0 aliphatic carbocycles. The number of allylic oxidation sites excluding steroid dienone is 1. The van der Waals surface area contributed by atoms with Crippen LogP contribution in [-0.4, -0.2) is 50.2 Å². The molecule has 1 rings (SSSR count). The van der Waals surface area contributed by atoms with E-state index in [1.165, 1.54) is 5.57 Å².